The molecule has 4 N–H and O–H groups in total. The molecule has 7 aliphatic rings. The highest BCUT2D eigenvalue weighted by atomic mass is 19.1. The Morgan fingerprint density at radius 3 is 2.31 bits per heavy atom. The van der Waals surface area contributed by atoms with E-state index in [-0.39, 0.29) is 70.7 Å². The number of halogens is 1. The summed E-state index contributed by atoms with van der Waals surface area (Å²) in [4.78, 5) is 62.0. The van der Waals surface area contributed by atoms with E-state index >= 15 is 4.39 Å². The van der Waals surface area contributed by atoms with Gasteiger partial charge in [-0.15, -0.1) is 0 Å². The lowest BCUT2D eigenvalue weighted by atomic mass is 9.71. The van der Waals surface area contributed by atoms with Gasteiger partial charge in [0.2, 0.25) is 5.91 Å². The van der Waals surface area contributed by atoms with E-state index in [0.717, 1.165) is 71.0 Å². The average Bonchev–Trinajstić information content (AvgIpc) is 3.67. The number of rotatable bonds is 15. The van der Waals surface area contributed by atoms with Crippen molar-refractivity contribution in [2.75, 3.05) is 57.3 Å². The van der Waals surface area contributed by atoms with Gasteiger partial charge in [-0.2, -0.15) is 0 Å². The molecule has 0 bridgehead atoms. The molecule has 258 valence electrons. The van der Waals surface area contributed by atoms with Crippen LogP contribution in [0.2, 0.25) is 0 Å². The second kappa shape index (κ2) is 11.7. The minimum atomic E-state index is -0.581. The molecule has 4 heterocycles. The van der Waals surface area contributed by atoms with Crippen molar-refractivity contribution >= 4 is 36.5 Å². The second-order valence-corrected chi connectivity index (χ2v) is 15.9. The average molecular weight is 664 g/mol. The number of piperidine rings is 3. The molecule has 7 fully saturated rings. The lowest BCUT2D eigenvalue weighted by molar-refractivity contribution is -0.119. The summed E-state index contributed by atoms with van der Waals surface area (Å²) >= 11 is 0. The third-order valence-corrected chi connectivity index (χ3v) is 14.1. The highest BCUT2D eigenvalue weighted by molar-refractivity contribution is 5.90. The van der Waals surface area contributed by atoms with Gasteiger partial charge >= 0.3 is 6.09 Å². The topological polar surface area (TPSA) is 146 Å². The van der Waals surface area contributed by atoms with Crippen LogP contribution in [-0.4, -0.2) is 89.3 Å². The maximum absolute atomic E-state index is 16.4. The third kappa shape index (κ3) is 4.80. The Kier molecular flexibility index (Phi) is 7.80. The number of carbonyl (C=O) groups excluding carboxylic acids is 5. The molecular formula is C36H46FN5O6. The van der Waals surface area contributed by atoms with Crippen molar-refractivity contribution in [2.24, 2.45) is 57.7 Å². The molecule has 3 aliphatic carbocycles. The Morgan fingerprint density at radius 1 is 1.00 bits per heavy atom. The number of nitrogens with zero attached hydrogens (tertiary/aromatic N) is 1. The predicted molar refractivity (Wildman–Crippen MR) is 172 cm³/mol. The zero-order valence-corrected chi connectivity index (χ0v) is 27.4. The van der Waals surface area contributed by atoms with Crippen molar-refractivity contribution in [2.45, 2.75) is 44.6 Å². The van der Waals surface area contributed by atoms with E-state index in [9.17, 15) is 24.0 Å². The summed E-state index contributed by atoms with van der Waals surface area (Å²) in [6.45, 7) is 6.56. The van der Waals surface area contributed by atoms with Crippen LogP contribution in [0.25, 0.3) is 0 Å². The molecule has 12 atom stereocenters. The normalized spacial score (nSPS) is 41.1. The van der Waals surface area contributed by atoms with Crippen molar-refractivity contribution < 1.29 is 33.1 Å². The Bertz CT molecular complexity index is 1530. The first kappa shape index (κ1) is 32.0. The van der Waals surface area contributed by atoms with Crippen LogP contribution in [-0.2, 0) is 23.9 Å². The molecule has 2 amide bonds. The van der Waals surface area contributed by atoms with Gasteiger partial charge < -0.3 is 40.4 Å². The number of anilines is 1. The van der Waals surface area contributed by atoms with Crippen LogP contribution in [0.4, 0.5) is 14.9 Å². The molecule has 0 aromatic heterocycles. The maximum atomic E-state index is 16.4. The molecule has 48 heavy (non-hydrogen) atoms. The van der Waals surface area contributed by atoms with Crippen LogP contribution in [0.5, 0.6) is 0 Å². The van der Waals surface area contributed by atoms with Gasteiger partial charge in [-0.1, -0.05) is 6.07 Å². The van der Waals surface area contributed by atoms with Gasteiger partial charge in [-0.25, -0.2) is 9.18 Å². The largest absolute Gasteiger partial charge is 0.442 e. The molecule has 12 heteroatoms. The molecule has 8 rings (SSSR count). The number of hydrogen-bond acceptors (Lipinski definition) is 9. The Labute approximate surface area is 279 Å². The Balaban J connectivity index is 1.09. The van der Waals surface area contributed by atoms with Gasteiger partial charge in [-0.05, 0) is 103 Å². The summed E-state index contributed by atoms with van der Waals surface area (Å²) < 4.78 is 21.9. The number of ether oxygens (including phenoxy) is 1. The number of aldehydes is 3. The molecule has 3 saturated carbocycles. The lowest BCUT2D eigenvalue weighted by Gasteiger charge is -2.34. The first-order valence-corrected chi connectivity index (χ1v) is 17.7. The first-order valence-electron chi connectivity index (χ1n) is 17.7. The number of carbonyl (C=O) groups is 5. The number of benzene rings is 1. The summed E-state index contributed by atoms with van der Waals surface area (Å²) in [7, 11) is 0. The fourth-order valence-electron chi connectivity index (χ4n) is 11.3. The second-order valence-electron chi connectivity index (χ2n) is 15.9. The van der Waals surface area contributed by atoms with E-state index in [1.54, 1.807) is 12.1 Å². The minimum Gasteiger partial charge on any atom is -0.442 e. The van der Waals surface area contributed by atoms with Gasteiger partial charge in [0.15, 0.2) is 0 Å². The molecule has 4 aliphatic heterocycles. The van der Waals surface area contributed by atoms with E-state index in [2.05, 4.69) is 21.3 Å². The highest BCUT2D eigenvalue weighted by Gasteiger charge is 2.74. The quantitative estimate of drug-likeness (QED) is 0.206. The molecular weight excluding hydrogens is 617 g/mol. The number of cyclic esters (lactones) is 1. The molecule has 4 saturated heterocycles. The van der Waals surface area contributed by atoms with E-state index in [4.69, 9.17) is 4.74 Å². The van der Waals surface area contributed by atoms with Crippen LogP contribution in [0.1, 0.15) is 44.1 Å². The standard InChI is InChI=1S/C36H46FN5O6/c1-20(46)41-9-24-13-42(33(47)48-24)23-2-3-25(32(37)7-23)21(4-5-34-17-38-10-26(34)29(34)14-43)6-22(36-19-40-12-28(36)31(36)16-45)8-35-18-39-11-27(35)30(35)15-44/h2-3,7,14-16,21-22,24,26-31,38-40H,4-6,8-13,17-19H2,1H3,(H,41,46)/t21?,22?,24-,26?,27?,28?,29?,30?,31?,34?,35?,36?/m0/s1. The van der Waals surface area contributed by atoms with E-state index < -0.39 is 18.0 Å². The van der Waals surface area contributed by atoms with Crippen molar-refractivity contribution in [3.63, 3.8) is 0 Å². The Hall–Kier alpha value is -3.22. The number of nitrogens with one attached hydrogen (secondary N) is 4. The van der Waals surface area contributed by atoms with Crippen molar-refractivity contribution in [1.29, 1.82) is 0 Å². The van der Waals surface area contributed by atoms with Gasteiger partial charge in [-0.3, -0.25) is 9.69 Å². The van der Waals surface area contributed by atoms with Gasteiger partial charge in [0.25, 0.3) is 0 Å². The predicted octanol–water partition coefficient (Wildman–Crippen LogP) is 1.65. The van der Waals surface area contributed by atoms with Gasteiger partial charge in [0.1, 0.15) is 30.8 Å². The zero-order valence-electron chi connectivity index (χ0n) is 27.4. The van der Waals surface area contributed by atoms with E-state index in [1.807, 2.05) is 0 Å². The van der Waals surface area contributed by atoms with Crippen LogP contribution >= 0.6 is 0 Å². The van der Waals surface area contributed by atoms with Crippen molar-refractivity contribution in [3.8, 4) is 0 Å². The highest BCUT2D eigenvalue weighted by Crippen LogP contribution is 2.72. The van der Waals surface area contributed by atoms with Crippen molar-refractivity contribution in [3.05, 3.63) is 29.6 Å². The van der Waals surface area contributed by atoms with Crippen LogP contribution < -0.4 is 26.2 Å². The summed E-state index contributed by atoms with van der Waals surface area (Å²) in [5.41, 5.74) is 0.581. The summed E-state index contributed by atoms with van der Waals surface area (Å²) in [5, 5.41) is 13.2. The van der Waals surface area contributed by atoms with Gasteiger partial charge in [0.05, 0.1) is 18.8 Å². The molecule has 0 spiro atoms. The van der Waals surface area contributed by atoms with Crippen LogP contribution in [0, 0.1) is 63.5 Å². The monoisotopic (exact) mass is 663 g/mol. The summed E-state index contributed by atoms with van der Waals surface area (Å²) in [6.07, 6.45) is 5.23. The lowest BCUT2D eigenvalue weighted by Crippen LogP contribution is -2.33. The summed E-state index contributed by atoms with van der Waals surface area (Å²) in [6, 6.07) is 4.97. The number of amides is 2. The zero-order chi connectivity index (χ0) is 33.4. The molecule has 0 radical (unpaired) electrons. The fraction of sp³-hybridized carbons (Fsp3) is 0.694. The van der Waals surface area contributed by atoms with Crippen LogP contribution in [0.15, 0.2) is 18.2 Å². The Morgan fingerprint density at radius 2 is 1.67 bits per heavy atom. The fourth-order valence-corrected chi connectivity index (χ4v) is 11.3. The molecule has 1 aromatic carbocycles. The SMILES string of the molecule is CC(=O)NC[C@H]1CN(c2ccc(C(CCC34CNCC3C4C=O)CC(CC34CNCC3C4C=O)C34CNCC3C4C=O)c(F)c2)C(=O)O1. The first-order chi connectivity index (χ1) is 23.2. The van der Waals surface area contributed by atoms with Crippen molar-refractivity contribution in [1.82, 2.24) is 21.3 Å². The van der Waals surface area contributed by atoms with E-state index in [0.29, 0.717) is 35.9 Å². The maximum Gasteiger partial charge on any atom is 0.414 e. The van der Waals surface area contributed by atoms with Crippen LogP contribution in [0.3, 0.4) is 0 Å². The van der Waals surface area contributed by atoms with E-state index in [1.165, 1.54) is 17.9 Å². The van der Waals surface area contributed by atoms with Gasteiger partial charge in [0, 0.05) is 49.7 Å². The number of fused-ring (bicyclic) bond motifs is 3. The molecule has 11 unspecified atom stereocenters. The third-order valence-electron chi connectivity index (χ3n) is 14.1. The minimum absolute atomic E-state index is 0.0204. The smallest absolute Gasteiger partial charge is 0.414 e. The molecule has 1 aromatic rings. The number of hydrogen-bond donors (Lipinski definition) is 4. The summed E-state index contributed by atoms with van der Waals surface area (Å²) in [5.74, 6) is 0.218. The molecule has 11 nitrogen and oxygen atoms in total.